The van der Waals surface area contributed by atoms with E-state index < -0.39 is 38.9 Å². The molecular weight excluding hydrogens is 584 g/mol. The van der Waals surface area contributed by atoms with E-state index in [1.54, 1.807) is 5.92 Å². The van der Waals surface area contributed by atoms with Gasteiger partial charge in [-0.05, 0) is 67.0 Å². The van der Waals surface area contributed by atoms with E-state index in [0.717, 1.165) is 42.4 Å². The van der Waals surface area contributed by atoms with Gasteiger partial charge in [-0.2, -0.15) is 13.9 Å². The lowest BCUT2D eigenvalue weighted by atomic mass is 9.96. The minimum Gasteiger partial charge on any atom is -0.476 e. The van der Waals surface area contributed by atoms with Crippen molar-refractivity contribution in [2.24, 2.45) is 11.1 Å². The number of primary sulfonamides is 1. The highest BCUT2D eigenvalue weighted by Gasteiger charge is 2.30. The molecule has 0 radical (unpaired) electrons. The molecule has 3 N–H and O–H groups in total. The molecule has 41 heavy (non-hydrogen) atoms. The lowest BCUT2D eigenvalue weighted by molar-refractivity contribution is 0.0691. The normalized spacial score (nSPS) is 13.3. The molecule has 212 valence electrons. The summed E-state index contributed by atoms with van der Waals surface area (Å²) in [6, 6.07) is 7.24. The highest BCUT2D eigenvalue weighted by atomic mass is 32.2. The Morgan fingerprint density at radius 3 is 2.54 bits per heavy atom. The van der Waals surface area contributed by atoms with Gasteiger partial charge in [0.15, 0.2) is 5.69 Å². The molecule has 4 aromatic rings. The highest BCUT2D eigenvalue weighted by Crippen LogP contribution is 2.38. The van der Waals surface area contributed by atoms with E-state index in [9.17, 15) is 35.9 Å². The van der Waals surface area contributed by atoms with E-state index in [1.807, 2.05) is 0 Å². The van der Waals surface area contributed by atoms with Crippen molar-refractivity contribution in [1.29, 1.82) is 0 Å². The Hall–Kier alpha value is -4.06. The van der Waals surface area contributed by atoms with Crippen molar-refractivity contribution in [2.45, 2.75) is 37.0 Å². The predicted molar refractivity (Wildman–Crippen MR) is 141 cm³/mol. The van der Waals surface area contributed by atoms with Crippen molar-refractivity contribution in [3.63, 3.8) is 0 Å². The Morgan fingerprint density at radius 2 is 1.93 bits per heavy atom. The monoisotopic (exact) mass is 604 g/mol. The number of hydrogen-bond acceptors (Lipinski definition) is 6. The van der Waals surface area contributed by atoms with Crippen molar-refractivity contribution in [3.8, 4) is 28.2 Å². The van der Waals surface area contributed by atoms with Crippen molar-refractivity contribution in [2.75, 3.05) is 0 Å². The number of nitrogens with two attached hydrogens (primary N) is 1. The van der Waals surface area contributed by atoms with Crippen molar-refractivity contribution in [3.05, 3.63) is 81.5 Å². The standard InChI is InChI=1S/C27H20F4N4O4S2/c28-19-6-4-17(12-16(19)5-8-24(30)31)25-18(9-15-3-7-23(20(29)10-15)41(32,38)39)22(11-14-1-2-14)35(34-25)27-33-21(13-40-27)26(36)37/h3-4,6-7,10,12-14,24H,1-2,9,11H2,(H,36,37)(H2,32,38,39). The van der Waals surface area contributed by atoms with E-state index in [2.05, 4.69) is 16.0 Å². The summed E-state index contributed by atoms with van der Waals surface area (Å²) < 4.78 is 79.5. The summed E-state index contributed by atoms with van der Waals surface area (Å²) in [6.45, 7) is 0. The van der Waals surface area contributed by atoms with Gasteiger partial charge in [-0.25, -0.2) is 36.8 Å². The van der Waals surface area contributed by atoms with Gasteiger partial charge in [0.1, 0.15) is 16.5 Å². The molecule has 14 heteroatoms. The van der Waals surface area contributed by atoms with Crippen LogP contribution in [0.2, 0.25) is 0 Å². The molecule has 0 amide bonds. The topological polar surface area (TPSA) is 128 Å². The van der Waals surface area contributed by atoms with E-state index in [-0.39, 0.29) is 22.8 Å². The second kappa shape index (κ2) is 11.1. The van der Waals surface area contributed by atoms with Gasteiger partial charge < -0.3 is 5.11 Å². The van der Waals surface area contributed by atoms with Gasteiger partial charge in [-0.15, -0.1) is 11.3 Å². The Balaban J connectivity index is 1.70. The van der Waals surface area contributed by atoms with E-state index in [1.165, 1.54) is 28.3 Å². The van der Waals surface area contributed by atoms with Crippen molar-refractivity contribution in [1.82, 2.24) is 14.8 Å². The number of carboxylic acid groups (broad SMARTS) is 1. The summed E-state index contributed by atoms with van der Waals surface area (Å²) in [5, 5.41) is 20.8. The fourth-order valence-electron chi connectivity index (χ4n) is 4.32. The van der Waals surface area contributed by atoms with Crippen molar-refractivity contribution >= 4 is 27.3 Å². The molecule has 0 spiro atoms. The van der Waals surface area contributed by atoms with Crippen LogP contribution in [0.4, 0.5) is 17.6 Å². The lowest BCUT2D eigenvalue weighted by Crippen LogP contribution is -2.14. The quantitative estimate of drug-likeness (QED) is 0.220. The minimum absolute atomic E-state index is 0.0474. The van der Waals surface area contributed by atoms with Gasteiger partial charge >= 0.3 is 5.97 Å². The largest absolute Gasteiger partial charge is 0.476 e. The van der Waals surface area contributed by atoms with Crippen molar-refractivity contribution < 1.29 is 35.9 Å². The maximum atomic E-state index is 14.7. The number of carboxylic acids is 1. The van der Waals surface area contributed by atoms with Gasteiger partial charge in [0.25, 0.3) is 6.43 Å². The SMILES string of the molecule is NS(=O)(=O)c1ccc(Cc2c(-c3ccc(F)c(C#CC(F)F)c3)nn(-c3nc(C(=O)O)cs3)c2CC2CC2)cc1F. The summed E-state index contributed by atoms with van der Waals surface area (Å²) in [6.07, 6.45) is -0.520. The molecule has 2 heterocycles. The highest BCUT2D eigenvalue weighted by molar-refractivity contribution is 7.89. The van der Waals surface area contributed by atoms with Crippen LogP contribution in [0, 0.1) is 29.4 Å². The van der Waals surface area contributed by atoms with Crippen LogP contribution >= 0.6 is 11.3 Å². The Kier molecular flexibility index (Phi) is 7.69. The Bertz CT molecular complexity index is 1840. The zero-order valence-electron chi connectivity index (χ0n) is 20.9. The van der Waals surface area contributed by atoms with Gasteiger partial charge in [0.05, 0.1) is 17.0 Å². The van der Waals surface area contributed by atoms with Gasteiger partial charge in [-0.3, -0.25) is 0 Å². The Morgan fingerprint density at radius 1 is 1.17 bits per heavy atom. The van der Waals surface area contributed by atoms with Crippen LogP contribution in [-0.2, 0) is 22.9 Å². The van der Waals surface area contributed by atoms with Crippen LogP contribution in [0.3, 0.4) is 0 Å². The van der Waals surface area contributed by atoms with Gasteiger partial charge in [-0.1, -0.05) is 12.0 Å². The average molecular weight is 605 g/mol. The first-order valence-corrected chi connectivity index (χ1v) is 14.5. The maximum Gasteiger partial charge on any atom is 0.355 e. The number of sulfonamides is 1. The van der Waals surface area contributed by atoms with Crippen LogP contribution in [0.1, 0.15) is 45.7 Å². The van der Waals surface area contributed by atoms with Gasteiger partial charge in [0.2, 0.25) is 15.2 Å². The number of thiazole rings is 1. The second-order valence-corrected chi connectivity index (χ2v) is 11.8. The molecule has 1 aliphatic rings. The number of carbonyl (C=O) groups is 1. The maximum absolute atomic E-state index is 14.7. The molecular formula is C27H20F4N4O4S2. The first kappa shape index (κ1) is 28.5. The number of benzene rings is 2. The van der Waals surface area contributed by atoms with Crippen LogP contribution in [0.15, 0.2) is 46.7 Å². The second-order valence-electron chi connectivity index (χ2n) is 9.40. The molecule has 8 nitrogen and oxygen atoms in total. The summed E-state index contributed by atoms with van der Waals surface area (Å²) in [5.41, 5.74) is 1.74. The number of nitrogens with zero attached hydrogens (tertiary/aromatic N) is 3. The fraction of sp³-hybridized carbons (Fsp3) is 0.222. The summed E-state index contributed by atoms with van der Waals surface area (Å²) in [4.78, 5) is 15.0. The molecule has 0 bridgehead atoms. The fourth-order valence-corrected chi connectivity index (χ4v) is 5.68. The number of hydrogen-bond donors (Lipinski definition) is 2. The zero-order chi connectivity index (χ0) is 29.5. The molecule has 0 saturated heterocycles. The lowest BCUT2D eigenvalue weighted by Gasteiger charge is -2.10. The number of rotatable bonds is 8. The summed E-state index contributed by atoms with van der Waals surface area (Å²) in [5.74, 6) is 0.986. The minimum atomic E-state index is -4.30. The van der Waals surface area contributed by atoms with Gasteiger partial charge in [0, 0.05) is 22.9 Å². The van der Waals surface area contributed by atoms with E-state index in [0.29, 0.717) is 40.4 Å². The molecule has 5 rings (SSSR count). The van der Waals surface area contributed by atoms with Crippen LogP contribution in [0.5, 0.6) is 0 Å². The number of alkyl halides is 2. The average Bonchev–Trinajstić information content (AvgIpc) is 3.45. The van der Waals surface area contributed by atoms with E-state index >= 15 is 0 Å². The molecule has 1 aliphatic carbocycles. The van der Waals surface area contributed by atoms with Crippen LogP contribution in [0.25, 0.3) is 16.4 Å². The van der Waals surface area contributed by atoms with Crippen LogP contribution < -0.4 is 5.14 Å². The third-order valence-electron chi connectivity index (χ3n) is 6.40. The third-order valence-corrected chi connectivity index (χ3v) is 8.16. The Labute approximate surface area is 235 Å². The number of halogens is 4. The molecule has 2 aromatic heterocycles. The molecule has 0 atom stereocenters. The number of aromatic carboxylic acids is 1. The van der Waals surface area contributed by atoms with Crippen LogP contribution in [-0.4, -0.2) is 40.7 Å². The molecule has 2 aromatic carbocycles. The molecule has 0 unspecified atom stereocenters. The molecule has 1 saturated carbocycles. The third kappa shape index (κ3) is 6.32. The first-order valence-electron chi connectivity index (χ1n) is 12.1. The smallest absolute Gasteiger partial charge is 0.355 e. The zero-order valence-corrected chi connectivity index (χ0v) is 22.6. The van der Waals surface area contributed by atoms with E-state index in [4.69, 9.17) is 5.14 Å². The molecule has 0 aliphatic heterocycles. The first-order chi connectivity index (χ1) is 19.4. The number of aromatic nitrogens is 3. The summed E-state index contributed by atoms with van der Waals surface area (Å²) >= 11 is 1.04. The predicted octanol–water partition coefficient (Wildman–Crippen LogP) is 4.78. The molecule has 1 fully saturated rings. The summed E-state index contributed by atoms with van der Waals surface area (Å²) in [7, 11) is -4.30.